The third-order valence-electron chi connectivity index (χ3n) is 1.41. The van der Waals surface area contributed by atoms with E-state index in [9.17, 15) is 4.79 Å². The van der Waals surface area contributed by atoms with E-state index in [1.54, 1.807) is 0 Å². The zero-order valence-corrected chi connectivity index (χ0v) is 9.86. The van der Waals surface area contributed by atoms with Crippen molar-refractivity contribution in [1.29, 1.82) is 0 Å². The summed E-state index contributed by atoms with van der Waals surface area (Å²) in [4.78, 5) is 11.0. The van der Waals surface area contributed by atoms with Crippen LogP contribution in [0.2, 0.25) is 4.47 Å². The molecular formula is C10H12O2Te. The molecule has 0 aliphatic rings. The van der Waals surface area contributed by atoms with Crippen LogP contribution in [-0.2, 0) is 9.53 Å². The van der Waals surface area contributed by atoms with Gasteiger partial charge in [0, 0.05) is 0 Å². The van der Waals surface area contributed by atoms with Crippen molar-refractivity contribution in [2.24, 2.45) is 0 Å². The van der Waals surface area contributed by atoms with E-state index >= 15 is 0 Å². The first-order chi connectivity index (χ1) is 6.33. The number of hydrogen-bond donors (Lipinski definition) is 0. The molecule has 0 fully saturated rings. The number of rotatable bonds is 4. The Balaban J connectivity index is 2.31. The predicted octanol–water partition coefficient (Wildman–Crippen LogP) is 0.997. The second-order valence-electron chi connectivity index (χ2n) is 2.41. The van der Waals surface area contributed by atoms with Crippen molar-refractivity contribution >= 4 is 30.5 Å². The predicted molar refractivity (Wildman–Crippen MR) is 53.3 cm³/mol. The summed E-state index contributed by atoms with van der Waals surface area (Å²) in [6.45, 7) is 2.32. The third kappa shape index (κ3) is 4.31. The van der Waals surface area contributed by atoms with Gasteiger partial charge >= 0.3 is 88.4 Å². The van der Waals surface area contributed by atoms with Crippen LogP contribution in [0.4, 0.5) is 0 Å². The molecule has 0 aliphatic carbocycles. The van der Waals surface area contributed by atoms with Crippen molar-refractivity contribution in [3.05, 3.63) is 30.3 Å². The van der Waals surface area contributed by atoms with Gasteiger partial charge in [-0.25, -0.2) is 0 Å². The minimum atomic E-state index is -0.376. The zero-order chi connectivity index (χ0) is 9.52. The Morgan fingerprint density at radius 3 is 2.69 bits per heavy atom. The van der Waals surface area contributed by atoms with Gasteiger partial charge in [-0.1, -0.05) is 0 Å². The maximum atomic E-state index is 11.0. The van der Waals surface area contributed by atoms with E-state index in [0.29, 0.717) is 11.1 Å². The van der Waals surface area contributed by atoms with Crippen LogP contribution in [-0.4, -0.2) is 33.5 Å². The van der Waals surface area contributed by atoms with Gasteiger partial charge in [0.25, 0.3) is 0 Å². The van der Waals surface area contributed by atoms with Gasteiger partial charge in [0.05, 0.1) is 0 Å². The summed E-state index contributed by atoms with van der Waals surface area (Å²) in [5.74, 6) is -0.0613. The molecule has 0 saturated carbocycles. The second-order valence-corrected chi connectivity index (χ2v) is 5.40. The van der Waals surface area contributed by atoms with Gasteiger partial charge in [-0.3, -0.25) is 0 Å². The molecule has 0 N–H and O–H groups in total. The van der Waals surface area contributed by atoms with Crippen molar-refractivity contribution in [1.82, 2.24) is 0 Å². The Morgan fingerprint density at radius 1 is 1.38 bits per heavy atom. The monoisotopic (exact) mass is 294 g/mol. The molecule has 0 saturated heterocycles. The average molecular weight is 292 g/mol. The molecule has 13 heavy (non-hydrogen) atoms. The fraction of sp³-hybridized carbons (Fsp3) is 0.300. The average Bonchev–Trinajstić information content (AvgIpc) is 2.17. The summed E-state index contributed by atoms with van der Waals surface area (Å²) in [7, 11) is 0. The molecule has 0 amide bonds. The number of hydrogen-bond acceptors (Lipinski definition) is 2. The van der Waals surface area contributed by atoms with Gasteiger partial charge in [0.1, 0.15) is 0 Å². The molecule has 2 nitrogen and oxygen atoms in total. The van der Waals surface area contributed by atoms with Gasteiger partial charge < -0.3 is 0 Å². The van der Waals surface area contributed by atoms with E-state index in [4.69, 9.17) is 4.74 Å². The van der Waals surface area contributed by atoms with Crippen molar-refractivity contribution in [2.75, 3.05) is 6.61 Å². The molecule has 1 aromatic rings. The number of carbonyl (C=O) groups is 1. The Kier molecular flexibility index (Phi) is 4.88. The van der Waals surface area contributed by atoms with Crippen LogP contribution in [0, 0.1) is 0 Å². The van der Waals surface area contributed by atoms with E-state index in [1.165, 1.54) is 3.61 Å². The van der Waals surface area contributed by atoms with Crippen molar-refractivity contribution in [3.8, 4) is 0 Å². The van der Waals surface area contributed by atoms with Crippen LogP contribution in [0.15, 0.2) is 30.3 Å². The Bertz CT molecular complexity index is 259. The summed E-state index contributed by atoms with van der Waals surface area (Å²) >= 11 is -0.376. The third-order valence-corrected chi connectivity index (χ3v) is 4.22. The number of carbonyl (C=O) groups excluding carboxylic acids is 1. The van der Waals surface area contributed by atoms with Crippen molar-refractivity contribution < 1.29 is 9.53 Å². The topological polar surface area (TPSA) is 26.3 Å². The SMILES string of the molecule is CCOC(=O)C[Te]c1ccccc1. The van der Waals surface area contributed by atoms with Crippen LogP contribution in [0.3, 0.4) is 0 Å². The normalized spacial score (nSPS) is 9.62. The van der Waals surface area contributed by atoms with Crippen molar-refractivity contribution in [3.63, 3.8) is 0 Å². The summed E-state index contributed by atoms with van der Waals surface area (Å²) in [6, 6.07) is 10.1. The first-order valence-corrected chi connectivity index (χ1v) is 6.97. The maximum absolute atomic E-state index is 11.0. The molecule has 0 bridgehead atoms. The minimum absolute atomic E-state index is 0.0613. The Morgan fingerprint density at radius 2 is 2.08 bits per heavy atom. The van der Waals surface area contributed by atoms with Gasteiger partial charge in [-0.2, -0.15) is 0 Å². The van der Waals surface area contributed by atoms with Gasteiger partial charge in [-0.05, 0) is 0 Å². The first-order valence-electron chi connectivity index (χ1n) is 4.16. The van der Waals surface area contributed by atoms with Gasteiger partial charge in [0.15, 0.2) is 0 Å². The molecule has 0 unspecified atom stereocenters. The standard InChI is InChI=1S/C10H12O2Te/c1-2-12-10(11)8-13-9-6-4-3-5-7-9/h3-7H,2,8H2,1H3. The molecular weight excluding hydrogens is 280 g/mol. The van der Waals surface area contributed by atoms with Crippen LogP contribution >= 0.6 is 0 Å². The van der Waals surface area contributed by atoms with Crippen LogP contribution < -0.4 is 3.61 Å². The molecule has 0 heterocycles. The Labute approximate surface area is 88.4 Å². The first kappa shape index (κ1) is 10.6. The van der Waals surface area contributed by atoms with E-state index in [0.717, 1.165) is 0 Å². The molecule has 0 atom stereocenters. The van der Waals surface area contributed by atoms with Crippen molar-refractivity contribution in [2.45, 2.75) is 11.4 Å². The zero-order valence-electron chi connectivity index (χ0n) is 7.53. The molecule has 1 rings (SSSR count). The number of esters is 1. The molecule has 0 aromatic heterocycles. The fourth-order valence-corrected chi connectivity index (χ4v) is 2.91. The quantitative estimate of drug-likeness (QED) is 0.611. The summed E-state index contributed by atoms with van der Waals surface area (Å²) < 4.78 is 6.76. The molecule has 70 valence electrons. The summed E-state index contributed by atoms with van der Waals surface area (Å²) in [6.07, 6.45) is 0. The fourth-order valence-electron chi connectivity index (χ4n) is 0.862. The number of ether oxygens (including phenoxy) is 1. The summed E-state index contributed by atoms with van der Waals surface area (Å²) in [5.41, 5.74) is 0. The second kappa shape index (κ2) is 6.01. The molecule has 3 heteroatoms. The molecule has 0 aliphatic heterocycles. The summed E-state index contributed by atoms with van der Waals surface area (Å²) in [5, 5.41) is 0. The Hall–Kier alpha value is -0.520. The van der Waals surface area contributed by atoms with Gasteiger partial charge in [-0.15, -0.1) is 0 Å². The number of benzene rings is 1. The van der Waals surface area contributed by atoms with E-state index < -0.39 is 0 Å². The van der Waals surface area contributed by atoms with Crippen LogP contribution in [0.5, 0.6) is 0 Å². The van der Waals surface area contributed by atoms with Crippen LogP contribution in [0.1, 0.15) is 6.92 Å². The van der Waals surface area contributed by atoms with Gasteiger partial charge in [0.2, 0.25) is 0 Å². The van der Waals surface area contributed by atoms with E-state index in [1.807, 2.05) is 25.1 Å². The van der Waals surface area contributed by atoms with Crippen LogP contribution in [0.25, 0.3) is 0 Å². The van der Waals surface area contributed by atoms with E-state index in [-0.39, 0.29) is 26.9 Å². The molecule has 1 aromatic carbocycles. The molecule has 0 radical (unpaired) electrons. The molecule has 0 spiro atoms. The van der Waals surface area contributed by atoms with E-state index in [2.05, 4.69) is 12.1 Å².